The second-order valence-corrected chi connectivity index (χ2v) is 6.84. The molecule has 0 aromatic heterocycles. The molecule has 1 aromatic rings. The highest BCUT2D eigenvalue weighted by atomic mass is 16.5. The molecule has 1 N–H and O–H groups in total. The first kappa shape index (κ1) is 18.0. The van der Waals surface area contributed by atoms with Crippen LogP contribution >= 0.6 is 0 Å². The number of rotatable bonds is 8. The van der Waals surface area contributed by atoms with Crippen molar-refractivity contribution in [3.05, 3.63) is 29.8 Å². The van der Waals surface area contributed by atoms with E-state index in [-0.39, 0.29) is 5.54 Å². The van der Waals surface area contributed by atoms with E-state index >= 15 is 0 Å². The molecule has 0 aliphatic rings. The molecule has 0 bridgehead atoms. The van der Waals surface area contributed by atoms with Gasteiger partial charge in [-0.1, -0.05) is 25.5 Å². The second-order valence-electron chi connectivity index (χ2n) is 6.84. The lowest BCUT2D eigenvalue weighted by molar-refractivity contribution is 0.202. The molecule has 0 fully saturated rings. The fraction of sp³-hybridized carbons (Fsp3) is 0.667. The quantitative estimate of drug-likeness (QED) is 0.791. The molecular weight excluding hydrogens is 260 g/mol. The lowest BCUT2D eigenvalue weighted by Gasteiger charge is -2.31. The Morgan fingerprint density at radius 1 is 1.29 bits per heavy atom. The molecular formula is C18H32N2O. The molecule has 1 aromatic carbocycles. The van der Waals surface area contributed by atoms with Crippen molar-refractivity contribution in [3.63, 3.8) is 0 Å². The molecule has 1 atom stereocenters. The van der Waals surface area contributed by atoms with Crippen molar-refractivity contribution in [2.24, 2.45) is 0 Å². The maximum Gasteiger partial charge on any atom is 0.119 e. The molecule has 0 radical (unpaired) electrons. The van der Waals surface area contributed by atoms with Crippen LogP contribution in [0.3, 0.4) is 0 Å². The van der Waals surface area contributed by atoms with Crippen molar-refractivity contribution < 1.29 is 4.74 Å². The van der Waals surface area contributed by atoms with E-state index in [4.69, 9.17) is 4.74 Å². The van der Waals surface area contributed by atoms with Crippen LogP contribution in [0.1, 0.15) is 46.1 Å². The van der Waals surface area contributed by atoms with E-state index in [9.17, 15) is 0 Å². The van der Waals surface area contributed by atoms with Gasteiger partial charge in [-0.05, 0) is 51.9 Å². The molecule has 0 aliphatic carbocycles. The summed E-state index contributed by atoms with van der Waals surface area (Å²) in [5, 5.41) is 3.63. The SMILES string of the molecule is CCCC(CNC(C)(C)C)N(C)Cc1cccc(OC)c1. The lowest BCUT2D eigenvalue weighted by atomic mass is 10.1. The Morgan fingerprint density at radius 3 is 2.57 bits per heavy atom. The van der Waals surface area contributed by atoms with Crippen molar-refractivity contribution in [1.29, 1.82) is 0 Å². The van der Waals surface area contributed by atoms with Gasteiger partial charge in [0.05, 0.1) is 7.11 Å². The number of benzene rings is 1. The third kappa shape index (κ3) is 6.96. The zero-order chi connectivity index (χ0) is 15.9. The molecule has 0 heterocycles. The summed E-state index contributed by atoms with van der Waals surface area (Å²) in [6.07, 6.45) is 2.42. The Balaban J connectivity index is 2.64. The maximum atomic E-state index is 5.31. The molecule has 3 nitrogen and oxygen atoms in total. The van der Waals surface area contributed by atoms with Gasteiger partial charge in [-0.3, -0.25) is 4.90 Å². The van der Waals surface area contributed by atoms with Crippen LogP contribution in [0.15, 0.2) is 24.3 Å². The first-order chi connectivity index (χ1) is 9.85. The van der Waals surface area contributed by atoms with Gasteiger partial charge in [0, 0.05) is 24.7 Å². The van der Waals surface area contributed by atoms with Crippen molar-refractivity contribution in [1.82, 2.24) is 10.2 Å². The Hall–Kier alpha value is -1.06. The van der Waals surface area contributed by atoms with Crippen LogP contribution in [-0.2, 0) is 6.54 Å². The fourth-order valence-corrected chi connectivity index (χ4v) is 2.42. The van der Waals surface area contributed by atoms with Gasteiger partial charge in [-0.15, -0.1) is 0 Å². The first-order valence-electron chi connectivity index (χ1n) is 7.94. The predicted octanol–water partition coefficient (Wildman–Crippen LogP) is 3.68. The minimum Gasteiger partial charge on any atom is -0.497 e. The average molecular weight is 292 g/mol. The average Bonchev–Trinajstić information content (AvgIpc) is 2.42. The molecule has 0 spiro atoms. The topological polar surface area (TPSA) is 24.5 Å². The number of nitrogens with zero attached hydrogens (tertiary/aromatic N) is 1. The number of hydrogen-bond donors (Lipinski definition) is 1. The highest BCUT2D eigenvalue weighted by molar-refractivity contribution is 5.28. The van der Waals surface area contributed by atoms with Crippen LogP contribution < -0.4 is 10.1 Å². The van der Waals surface area contributed by atoms with Gasteiger partial charge in [0.15, 0.2) is 0 Å². The molecule has 21 heavy (non-hydrogen) atoms. The highest BCUT2D eigenvalue weighted by Gasteiger charge is 2.17. The van der Waals surface area contributed by atoms with Crippen LogP contribution in [0.5, 0.6) is 5.75 Å². The Morgan fingerprint density at radius 2 is 2.00 bits per heavy atom. The number of methoxy groups -OCH3 is 1. The molecule has 0 amide bonds. The van der Waals surface area contributed by atoms with Gasteiger partial charge in [0.25, 0.3) is 0 Å². The zero-order valence-corrected chi connectivity index (χ0v) is 14.6. The summed E-state index contributed by atoms with van der Waals surface area (Å²) in [4.78, 5) is 2.44. The summed E-state index contributed by atoms with van der Waals surface area (Å²) < 4.78 is 5.31. The number of nitrogens with one attached hydrogen (secondary N) is 1. The van der Waals surface area contributed by atoms with Crippen molar-refractivity contribution >= 4 is 0 Å². The van der Waals surface area contributed by atoms with Crippen molar-refractivity contribution in [2.45, 2.75) is 58.7 Å². The van der Waals surface area contributed by atoms with Crippen LogP contribution in [0.4, 0.5) is 0 Å². The summed E-state index contributed by atoms with van der Waals surface area (Å²) in [6, 6.07) is 8.90. The smallest absolute Gasteiger partial charge is 0.119 e. The third-order valence-corrected chi connectivity index (χ3v) is 3.68. The van der Waals surface area contributed by atoms with E-state index in [1.165, 1.54) is 18.4 Å². The van der Waals surface area contributed by atoms with Gasteiger partial charge in [0.2, 0.25) is 0 Å². The third-order valence-electron chi connectivity index (χ3n) is 3.68. The molecule has 0 aliphatic heterocycles. The van der Waals surface area contributed by atoms with Crippen LogP contribution in [0, 0.1) is 0 Å². The van der Waals surface area contributed by atoms with Crippen molar-refractivity contribution in [3.8, 4) is 5.75 Å². The zero-order valence-electron chi connectivity index (χ0n) is 14.6. The van der Waals surface area contributed by atoms with E-state index in [1.54, 1.807) is 7.11 Å². The summed E-state index contributed by atoms with van der Waals surface area (Å²) >= 11 is 0. The summed E-state index contributed by atoms with van der Waals surface area (Å²) in [6.45, 7) is 10.9. The van der Waals surface area contributed by atoms with Gasteiger partial charge in [-0.25, -0.2) is 0 Å². The van der Waals surface area contributed by atoms with Crippen molar-refractivity contribution in [2.75, 3.05) is 20.7 Å². The molecule has 1 rings (SSSR count). The van der Waals surface area contributed by atoms with E-state index in [2.05, 4.69) is 63.2 Å². The molecule has 0 saturated carbocycles. The van der Waals surface area contributed by atoms with Crippen LogP contribution in [0.2, 0.25) is 0 Å². The fourth-order valence-electron chi connectivity index (χ4n) is 2.42. The van der Waals surface area contributed by atoms with Gasteiger partial charge in [-0.2, -0.15) is 0 Å². The minimum absolute atomic E-state index is 0.169. The monoisotopic (exact) mass is 292 g/mol. The Labute approximate surface area is 130 Å². The van der Waals surface area contributed by atoms with E-state index in [1.807, 2.05) is 6.07 Å². The molecule has 3 heteroatoms. The molecule has 0 saturated heterocycles. The molecule has 1 unspecified atom stereocenters. The Kier molecular flexibility index (Phi) is 7.20. The highest BCUT2D eigenvalue weighted by Crippen LogP contribution is 2.16. The first-order valence-corrected chi connectivity index (χ1v) is 7.94. The largest absolute Gasteiger partial charge is 0.497 e. The van der Waals surface area contributed by atoms with Crippen LogP contribution in [0.25, 0.3) is 0 Å². The second kappa shape index (κ2) is 8.40. The van der Waals surface area contributed by atoms with E-state index in [0.717, 1.165) is 18.8 Å². The van der Waals surface area contributed by atoms with Gasteiger partial charge < -0.3 is 10.1 Å². The normalized spacial score (nSPS) is 13.5. The standard InChI is InChI=1S/C18H32N2O/c1-7-9-16(13-19-18(2,3)4)20(5)14-15-10-8-11-17(12-15)21-6/h8,10-12,16,19H,7,9,13-14H2,1-6H3. The van der Waals surface area contributed by atoms with Gasteiger partial charge in [0.1, 0.15) is 5.75 Å². The van der Waals surface area contributed by atoms with Crippen LogP contribution in [-0.4, -0.2) is 37.2 Å². The number of ether oxygens (including phenoxy) is 1. The summed E-state index contributed by atoms with van der Waals surface area (Å²) in [5.74, 6) is 0.931. The number of likely N-dealkylation sites (N-methyl/N-ethyl adjacent to an activating group) is 1. The van der Waals surface area contributed by atoms with E-state index < -0.39 is 0 Å². The van der Waals surface area contributed by atoms with Gasteiger partial charge >= 0.3 is 0 Å². The Bertz CT molecular complexity index is 412. The predicted molar refractivity (Wildman–Crippen MR) is 90.9 cm³/mol. The minimum atomic E-state index is 0.169. The lowest BCUT2D eigenvalue weighted by Crippen LogP contribution is -2.46. The van der Waals surface area contributed by atoms with E-state index in [0.29, 0.717) is 6.04 Å². The summed E-state index contributed by atoms with van der Waals surface area (Å²) in [5.41, 5.74) is 1.47. The summed E-state index contributed by atoms with van der Waals surface area (Å²) in [7, 11) is 3.93. The maximum absolute atomic E-state index is 5.31. The molecule has 120 valence electrons. The number of hydrogen-bond acceptors (Lipinski definition) is 3.